The minimum Gasteiger partial charge on any atom is -0.0622 e. The summed E-state index contributed by atoms with van der Waals surface area (Å²) < 4.78 is 0. The molecule has 51 heavy (non-hydrogen) atoms. The SMILES string of the molecule is c1ccc(-c2cc3ccc(-c4ccc5cc6c(cc5c4)-c4ccccc4C6(c4ccccc4)c4ccccc4)cc3cc2-c2ccccc2)cc1. The molecule has 0 aromatic heterocycles. The van der Waals surface area contributed by atoms with E-state index in [1.165, 1.54) is 88.3 Å². The van der Waals surface area contributed by atoms with Crippen molar-refractivity contribution >= 4 is 21.5 Å². The van der Waals surface area contributed by atoms with Crippen LogP contribution in [0, 0.1) is 0 Å². The average Bonchev–Trinajstić information content (AvgIpc) is 3.50. The Labute approximate surface area is 298 Å². The highest BCUT2D eigenvalue weighted by Gasteiger charge is 2.46. The molecule has 0 bridgehead atoms. The summed E-state index contributed by atoms with van der Waals surface area (Å²) in [5.41, 5.74) is 14.9. The maximum atomic E-state index is 2.45. The molecule has 0 heteroatoms. The van der Waals surface area contributed by atoms with Crippen LogP contribution in [0.3, 0.4) is 0 Å². The van der Waals surface area contributed by atoms with Gasteiger partial charge < -0.3 is 0 Å². The molecule has 1 aliphatic rings. The van der Waals surface area contributed by atoms with E-state index < -0.39 is 5.41 Å². The third-order valence-electron chi connectivity index (χ3n) is 10.9. The molecule has 1 aliphatic carbocycles. The number of rotatable bonds is 5. The first kappa shape index (κ1) is 29.4. The highest BCUT2D eigenvalue weighted by molar-refractivity contribution is 6.00. The maximum Gasteiger partial charge on any atom is 0.0713 e. The van der Waals surface area contributed by atoms with Crippen LogP contribution in [0.25, 0.3) is 66.1 Å². The second-order valence-corrected chi connectivity index (χ2v) is 13.7. The number of hydrogen-bond acceptors (Lipinski definition) is 0. The van der Waals surface area contributed by atoms with Gasteiger partial charge in [0.1, 0.15) is 0 Å². The zero-order chi connectivity index (χ0) is 33.8. The molecule has 0 aliphatic heterocycles. The molecule has 9 aromatic carbocycles. The van der Waals surface area contributed by atoms with Gasteiger partial charge in [-0.1, -0.05) is 170 Å². The monoisotopic (exact) mass is 646 g/mol. The minimum absolute atomic E-state index is 0.394. The van der Waals surface area contributed by atoms with Gasteiger partial charge in [0.05, 0.1) is 5.41 Å². The Hall–Kier alpha value is -6.50. The summed E-state index contributed by atoms with van der Waals surface area (Å²) in [6.07, 6.45) is 0. The minimum atomic E-state index is -0.394. The Bertz CT molecular complexity index is 2670. The van der Waals surface area contributed by atoms with Gasteiger partial charge in [0, 0.05) is 0 Å². The molecule has 0 fully saturated rings. The lowest BCUT2D eigenvalue weighted by atomic mass is 9.67. The van der Waals surface area contributed by atoms with Crippen LogP contribution in [0.1, 0.15) is 22.3 Å². The van der Waals surface area contributed by atoms with Gasteiger partial charge in [-0.2, -0.15) is 0 Å². The quantitative estimate of drug-likeness (QED) is 0.175. The van der Waals surface area contributed by atoms with Crippen molar-refractivity contribution < 1.29 is 0 Å². The van der Waals surface area contributed by atoms with E-state index in [1.807, 2.05) is 0 Å². The number of benzene rings is 9. The highest BCUT2D eigenvalue weighted by atomic mass is 14.5. The molecular formula is C51H34. The zero-order valence-electron chi connectivity index (χ0n) is 28.1. The molecule has 0 nitrogen and oxygen atoms in total. The van der Waals surface area contributed by atoms with Crippen molar-refractivity contribution in [3.05, 3.63) is 229 Å². The fraction of sp³-hybridized carbons (Fsp3) is 0.0196. The second kappa shape index (κ2) is 11.8. The van der Waals surface area contributed by atoms with E-state index in [1.54, 1.807) is 0 Å². The summed E-state index contributed by atoms with van der Waals surface area (Å²) >= 11 is 0. The molecule has 10 rings (SSSR count). The fourth-order valence-electron chi connectivity index (χ4n) is 8.56. The van der Waals surface area contributed by atoms with Crippen molar-refractivity contribution in [2.24, 2.45) is 0 Å². The van der Waals surface area contributed by atoms with Gasteiger partial charge in [0.25, 0.3) is 0 Å². The third-order valence-corrected chi connectivity index (χ3v) is 10.9. The maximum absolute atomic E-state index is 2.45. The first-order valence-electron chi connectivity index (χ1n) is 17.8. The van der Waals surface area contributed by atoms with Crippen LogP contribution in [0.5, 0.6) is 0 Å². The van der Waals surface area contributed by atoms with Crippen LogP contribution in [0.4, 0.5) is 0 Å². The molecule has 9 aromatic rings. The molecule has 0 saturated carbocycles. The van der Waals surface area contributed by atoms with Crippen LogP contribution in [-0.2, 0) is 5.41 Å². The first-order chi connectivity index (χ1) is 25.3. The Morgan fingerprint density at radius 2 is 0.667 bits per heavy atom. The highest BCUT2D eigenvalue weighted by Crippen LogP contribution is 2.56. The Morgan fingerprint density at radius 3 is 1.22 bits per heavy atom. The molecule has 0 radical (unpaired) electrons. The van der Waals surface area contributed by atoms with E-state index in [0.29, 0.717) is 0 Å². The lowest BCUT2D eigenvalue weighted by Crippen LogP contribution is -2.28. The van der Waals surface area contributed by atoms with Gasteiger partial charge in [-0.25, -0.2) is 0 Å². The van der Waals surface area contributed by atoms with Crippen molar-refractivity contribution in [2.45, 2.75) is 5.41 Å². The molecule has 0 atom stereocenters. The van der Waals surface area contributed by atoms with E-state index >= 15 is 0 Å². The van der Waals surface area contributed by atoms with Crippen molar-refractivity contribution in [2.75, 3.05) is 0 Å². The van der Waals surface area contributed by atoms with Crippen LogP contribution in [0.15, 0.2) is 206 Å². The van der Waals surface area contributed by atoms with Gasteiger partial charge in [-0.05, 0) is 125 Å². The van der Waals surface area contributed by atoms with Crippen LogP contribution in [0.2, 0.25) is 0 Å². The summed E-state index contributed by atoms with van der Waals surface area (Å²) in [4.78, 5) is 0. The van der Waals surface area contributed by atoms with Crippen LogP contribution >= 0.6 is 0 Å². The van der Waals surface area contributed by atoms with Crippen LogP contribution < -0.4 is 0 Å². The van der Waals surface area contributed by atoms with Gasteiger partial charge in [-0.3, -0.25) is 0 Å². The summed E-state index contributed by atoms with van der Waals surface area (Å²) in [7, 11) is 0. The van der Waals surface area contributed by atoms with Crippen LogP contribution in [-0.4, -0.2) is 0 Å². The average molecular weight is 647 g/mol. The van der Waals surface area contributed by atoms with E-state index in [2.05, 4.69) is 206 Å². The number of fused-ring (bicyclic) bond motifs is 5. The van der Waals surface area contributed by atoms with Crippen molar-refractivity contribution in [1.29, 1.82) is 0 Å². The lowest BCUT2D eigenvalue weighted by molar-refractivity contribution is 0.769. The molecule has 0 unspecified atom stereocenters. The normalized spacial score (nSPS) is 12.9. The van der Waals surface area contributed by atoms with E-state index in [9.17, 15) is 0 Å². The molecule has 0 amide bonds. The predicted molar refractivity (Wildman–Crippen MR) is 215 cm³/mol. The largest absolute Gasteiger partial charge is 0.0713 e. The van der Waals surface area contributed by atoms with Gasteiger partial charge in [0.15, 0.2) is 0 Å². The molecule has 0 saturated heterocycles. The second-order valence-electron chi connectivity index (χ2n) is 13.7. The van der Waals surface area contributed by atoms with Gasteiger partial charge in [-0.15, -0.1) is 0 Å². The smallest absolute Gasteiger partial charge is 0.0622 e. The predicted octanol–water partition coefficient (Wildman–Crippen LogP) is 13.4. The van der Waals surface area contributed by atoms with E-state index in [4.69, 9.17) is 0 Å². The molecule has 0 N–H and O–H groups in total. The summed E-state index contributed by atoms with van der Waals surface area (Å²) in [6.45, 7) is 0. The standard InChI is InChI=1S/C51H34/c1-5-15-35(16-6-1)46-31-39-27-25-37(29-41(39)32-47(46)36-17-7-2-8-18-36)38-26-28-40-34-50-48(33-42(40)30-38)45-23-13-14-24-49(45)51(50,43-19-9-3-10-20-43)44-21-11-4-12-22-44/h1-34H. The van der Waals surface area contributed by atoms with Crippen molar-refractivity contribution in [1.82, 2.24) is 0 Å². The van der Waals surface area contributed by atoms with E-state index in [0.717, 1.165) is 0 Å². The first-order valence-corrected chi connectivity index (χ1v) is 17.8. The Morgan fingerprint density at radius 1 is 0.235 bits per heavy atom. The fourth-order valence-corrected chi connectivity index (χ4v) is 8.56. The molecular weight excluding hydrogens is 613 g/mol. The van der Waals surface area contributed by atoms with Gasteiger partial charge >= 0.3 is 0 Å². The molecule has 0 spiro atoms. The van der Waals surface area contributed by atoms with Gasteiger partial charge in [0.2, 0.25) is 0 Å². The summed E-state index contributed by atoms with van der Waals surface area (Å²) in [5, 5.41) is 4.99. The molecule has 238 valence electrons. The third kappa shape index (κ3) is 4.68. The Kier molecular flexibility index (Phi) is 6.82. The molecule has 0 heterocycles. The zero-order valence-corrected chi connectivity index (χ0v) is 28.1. The number of hydrogen-bond donors (Lipinski definition) is 0. The lowest BCUT2D eigenvalue weighted by Gasteiger charge is -2.34. The summed E-state index contributed by atoms with van der Waals surface area (Å²) in [6, 6.07) is 76.0. The summed E-state index contributed by atoms with van der Waals surface area (Å²) in [5.74, 6) is 0. The van der Waals surface area contributed by atoms with Crippen molar-refractivity contribution in [3.63, 3.8) is 0 Å². The topological polar surface area (TPSA) is 0 Å². The van der Waals surface area contributed by atoms with Crippen molar-refractivity contribution in [3.8, 4) is 44.5 Å². The Balaban J connectivity index is 1.14. The van der Waals surface area contributed by atoms with E-state index in [-0.39, 0.29) is 0 Å².